The quantitative estimate of drug-likeness (QED) is 0.863. The molecule has 0 saturated heterocycles. The Bertz CT molecular complexity index is 495. The molecule has 0 aliphatic heterocycles. The molecule has 1 aliphatic rings. The second kappa shape index (κ2) is 5.00. The van der Waals surface area contributed by atoms with Gasteiger partial charge in [-0.3, -0.25) is 0 Å². The first-order chi connectivity index (χ1) is 8.78. The highest BCUT2D eigenvalue weighted by atomic mass is 32.1. The number of alkyl halides is 3. The number of thiocarbonyl (C=S) groups is 1. The summed E-state index contributed by atoms with van der Waals surface area (Å²) in [5.74, 6) is 0. The van der Waals surface area contributed by atoms with Gasteiger partial charge in [0, 0.05) is 17.3 Å². The average Bonchev–Trinajstić information content (AvgIpc) is 3.07. The molecular formula is C13H15F3N2S. The van der Waals surface area contributed by atoms with E-state index in [4.69, 9.17) is 18.0 Å². The van der Waals surface area contributed by atoms with Gasteiger partial charge in [0.15, 0.2) is 0 Å². The highest BCUT2D eigenvalue weighted by molar-refractivity contribution is 7.80. The molecule has 19 heavy (non-hydrogen) atoms. The van der Waals surface area contributed by atoms with Crippen LogP contribution < -0.4 is 10.6 Å². The minimum atomic E-state index is -4.24. The summed E-state index contributed by atoms with van der Waals surface area (Å²) in [7, 11) is 0. The lowest BCUT2D eigenvalue weighted by molar-refractivity contribution is -0.120. The zero-order valence-electron chi connectivity index (χ0n) is 10.5. The smallest absolute Gasteiger partial charge is 0.389 e. The Balaban J connectivity index is 2.40. The zero-order valence-corrected chi connectivity index (χ0v) is 11.3. The SMILES string of the molecule is Cc1ccc(C(N)=S)c(N(CC(F)(F)F)C2CC2)c1. The van der Waals surface area contributed by atoms with Crippen LogP contribution >= 0.6 is 12.2 Å². The van der Waals surface area contributed by atoms with Crippen LogP contribution in [-0.2, 0) is 0 Å². The number of aryl methyl sites for hydroxylation is 1. The number of nitrogens with zero attached hydrogens (tertiary/aromatic N) is 1. The van der Waals surface area contributed by atoms with Crippen LogP contribution in [0.15, 0.2) is 18.2 Å². The average molecular weight is 288 g/mol. The second-order valence-electron chi connectivity index (χ2n) is 4.86. The fourth-order valence-corrected chi connectivity index (χ4v) is 2.25. The number of hydrogen-bond acceptors (Lipinski definition) is 2. The molecule has 1 saturated carbocycles. The van der Waals surface area contributed by atoms with E-state index in [1.807, 2.05) is 6.92 Å². The lowest BCUT2D eigenvalue weighted by Gasteiger charge is -2.28. The Morgan fingerprint density at radius 1 is 1.42 bits per heavy atom. The minimum absolute atomic E-state index is 0.0588. The largest absolute Gasteiger partial charge is 0.405 e. The predicted octanol–water partition coefficient (Wildman–Crippen LogP) is 3.16. The zero-order chi connectivity index (χ0) is 14.2. The van der Waals surface area contributed by atoms with Crippen molar-refractivity contribution in [1.82, 2.24) is 0 Å². The summed E-state index contributed by atoms with van der Waals surface area (Å²) < 4.78 is 38.1. The normalized spacial score (nSPS) is 15.4. The Morgan fingerprint density at radius 2 is 2.05 bits per heavy atom. The molecule has 0 bridgehead atoms. The highest BCUT2D eigenvalue weighted by Gasteiger charge is 2.39. The Morgan fingerprint density at radius 3 is 2.53 bits per heavy atom. The number of halogens is 3. The van der Waals surface area contributed by atoms with Gasteiger partial charge in [0.05, 0.1) is 0 Å². The van der Waals surface area contributed by atoms with Crippen molar-refractivity contribution in [3.05, 3.63) is 29.3 Å². The van der Waals surface area contributed by atoms with E-state index in [0.29, 0.717) is 11.3 Å². The molecule has 104 valence electrons. The van der Waals surface area contributed by atoms with Gasteiger partial charge in [0.2, 0.25) is 0 Å². The molecule has 0 aromatic heterocycles. The molecule has 0 amide bonds. The van der Waals surface area contributed by atoms with Crippen LogP contribution in [0.1, 0.15) is 24.0 Å². The molecule has 2 nitrogen and oxygen atoms in total. The van der Waals surface area contributed by atoms with E-state index in [2.05, 4.69) is 0 Å². The first-order valence-corrected chi connectivity index (χ1v) is 6.42. The van der Waals surface area contributed by atoms with Crippen molar-refractivity contribution in [1.29, 1.82) is 0 Å². The summed E-state index contributed by atoms with van der Waals surface area (Å²) in [5, 5.41) is 0. The third-order valence-corrected chi connectivity index (χ3v) is 3.29. The Labute approximate surface area is 115 Å². The first-order valence-electron chi connectivity index (χ1n) is 6.02. The van der Waals surface area contributed by atoms with Gasteiger partial charge in [-0.1, -0.05) is 18.3 Å². The molecule has 0 atom stereocenters. The maximum Gasteiger partial charge on any atom is 0.405 e. The van der Waals surface area contributed by atoms with Crippen LogP contribution in [0.3, 0.4) is 0 Å². The Hall–Kier alpha value is -1.30. The summed E-state index contributed by atoms with van der Waals surface area (Å²) in [6.45, 7) is 0.877. The van der Waals surface area contributed by atoms with Gasteiger partial charge in [0.1, 0.15) is 11.5 Å². The third kappa shape index (κ3) is 3.59. The molecule has 0 spiro atoms. The fraction of sp³-hybridized carbons (Fsp3) is 0.462. The standard InChI is InChI=1S/C13H15F3N2S/c1-8-2-5-10(12(17)19)11(6-8)18(9-3-4-9)7-13(14,15)16/h2,5-6,9H,3-4,7H2,1H3,(H2,17,19). The van der Waals surface area contributed by atoms with Crippen LogP contribution in [0, 0.1) is 6.92 Å². The summed E-state index contributed by atoms with van der Waals surface area (Å²) in [6, 6.07) is 5.16. The maximum absolute atomic E-state index is 12.7. The molecule has 1 aromatic carbocycles. The van der Waals surface area contributed by atoms with E-state index in [0.717, 1.165) is 18.4 Å². The van der Waals surface area contributed by atoms with Crippen LogP contribution in [0.25, 0.3) is 0 Å². The van der Waals surface area contributed by atoms with E-state index in [1.165, 1.54) is 4.90 Å². The predicted molar refractivity (Wildman–Crippen MR) is 73.5 cm³/mol. The van der Waals surface area contributed by atoms with Crippen molar-refractivity contribution in [3.8, 4) is 0 Å². The van der Waals surface area contributed by atoms with Crippen molar-refractivity contribution >= 4 is 22.9 Å². The molecular weight excluding hydrogens is 273 g/mol. The number of rotatable bonds is 4. The molecule has 0 unspecified atom stereocenters. The van der Waals surface area contributed by atoms with Gasteiger partial charge in [0.25, 0.3) is 0 Å². The molecule has 0 heterocycles. The lowest BCUT2D eigenvalue weighted by Crippen LogP contribution is -2.37. The van der Waals surface area contributed by atoms with E-state index in [1.54, 1.807) is 18.2 Å². The van der Waals surface area contributed by atoms with Gasteiger partial charge < -0.3 is 10.6 Å². The van der Waals surface area contributed by atoms with E-state index < -0.39 is 12.7 Å². The summed E-state index contributed by atoms with van der Waals surface area (Å²) in [5.41, 5.74) is 7.51. The summed E-state index contributed by atoms with van der Waals surface area (Å²) >= 11 is 4.93. The Kier molecular flexibility index (Phi) is 3.71. The fourth-order valence-electron chi connectivity index (χ4n) is 2.08. The lowest BCUT2D eigenvalue weighted by atomic mass is 10.1. The molecule has 2 N–H and O–H groups in total. The van der Waals surface area contributed by atoms with Crippen LogP contribution in [-0.4, -0.2) is 23.8 Å². The van der Waals surface area contributed by atoms with Crippen molar-refractivity contribution < 1.29 is 13.2 Å². The van der Waals surface area contributed by atoms with Crippen LogP contribution in [0.4, 0.5) is 18.9 Å². The number of benzene rings is 1. The van der Waals surface area contributed by atoms with Gasteiger partial charge in [-0.05, 0) is 37.5 Å². The molecule has 0 radical (unpaired) electrons. The van der Waals surface area contributed by atoms with E-state index in [9.17, 15) is 13.2 Å². The van der Waals surface area contributed by atoms with Crippen LogP contribution in [0.5, 0.6) is 0 Å². The van der Waals surface area contributed by atoms with E-state index in [-0.39, 0.29) is 11.0 Å². The van der Waals surface area contributed by atoms with E-state index >= 15 is 0 Å². The van der Waals surface area contributed by atoms with Gasteiger partial charge in [-0.25, -0.2) is 0 Å². The number of anilines is 1. The summed E-state index contributed by atoms with van der Waals surface area (Å²) in [4.78, 5) is 1.50. The molecule has 1 aliphatic carbocycles. The van der Waals surface area contributed by atoms with Gasteiger partial charge >= 0.3 is 6.18 Å². The molecule has 2 rings (SSSR count). The highest BCUT2D eigenvalue weighted by Crippen LogP contribution is 2.36. The van der Waals surface area contributed by atoms with Crippen molar-refractivity contribution in [3.63, 3.8) is 0 Å². The van der Waals surface area contributed by atoms with Crippen molar-refractivity contribution in [2.24, 2.45) is 5.73 Å². The minimum Gasteiger partial charge on any atom is -0.389 e. The van der Waals surface area contributed by atoms with Crippen LogP contribution in [0.2, 0.25) is 0 Å². The number of hydrogen-bond donors (Lipinski definition) is 1. The first kappa shape index (κ1) is 14.1. The molecule has 1 aromatic rings. The van der Waals surface area contributed by atoms with Gasteiger partial charge in [-0.2, -0.15) is 13.2 Å². The second-order valence-corrected chi connectivity index (χ2v) is 5.30. The monoisotopic (exact) mass is 288 g/mol. The topological polar surface area (TPSA) is 29.3 Å². The number of nitrogens with two attached hydrogens (primary N) is 1. The third-order valence-electron chi connectivity index (χ3n) is 3.07. The van der Waals surface area contributed by atoms with Gasteiger partial charge in [-0.15, -0.1) is 0 Å². The molecule has 1 fully saturated rings. The maximum atomic E-state index is 12.7. The summed E-state index contributed by atoms with van der Waals surface area (Å²) in [6.07, 6.45) is -2.68. The van der Waals surface area contributed by atoms with Crippen molar-refractivity contribution in [2.45, 2.75) is 32.0 Å². The van der Waals surface area contributed by atoms with Crippen molar-refractivity contribution in [2.75, 3.05) is 11.4 Å². The molecule has 6 heteroatoms.